The van der Waals surface area contributed by atoms with Crippen LogP contribution in [0.4, 0.5) is 5.95 Å². The van der Waals surface area contributed by atoms with Crippen molar-refractivity contribution in [1.29, 1.82) is 0 Å². The Bertz CT molecular complexity index is 1210. The van der Waals surface area contributed by atoms with Crippen LogP contribution in [0.5, 0.6) is 5.75 Å². The molecular formula is C27H32N6O. The number of unbranched alkanes of at least 4 members (excludes halogenated alkanes) is 2. The van der Waals surface area contributed by atoms with Crippen LogP contribution in [-0.4, -0.2) is 32.1 Å². The van der Waals surface area contributed by atoms with Gasteiger partial charge in [-0.3, -0.25) is 0 Å². The monoisotopic (exact) mass is 456 g/mol. The smallest absolute Gasteiger partial charge is 0.198 e. The molecule has 2 heterocycles. The zero-order valence-electron chi connectivity index (χ0n) is 19.9. The van der Waals surface area contributed by atoms with Crippen LogP contribution in [0.15, 0.2) is 66.4 Å². The molecule has 7 nitrogen and oxygen atoms in total. The van der Waals surface area contributed by atoms with Crippen LogP contribution in [0.3, 0.4) is 0 Å². The Morgan fingerprint density at radius 2 is 1.79 bits per heavy atom. The van der Waals surface area contributed by atoms with Crippen molar-refractivity contribution < 1.29 is 4.74 Å². The van der Waals surface area contributed by atoms with Crippen LogP contribution < -0.4 is 10.5 Å². The van der Waals surface area contributed by atoms with E-state index in [0.29, 0.717) is 5.95 Å². The summed E-state index contributed by atoms with van der Waals surface area (Å²) in [5, 5.41) is 8.64. The number of H-pyrrole nitrogens is 1. The third-order valence-corrected chi connectivity index (χ3v) is 5.73. The Morgan fingerprint density at radius 3 is 2.56 bits per heavy atom. The van der Waals surface area contributed by atoms with Gasteiger partial charge in [-0.1, -0.05) is 53.6 Å². The summed E-state index contributed by atoms with van der Waals surface area (Å²) in [6, 6.07) is 18.2. The number of nitrogens with two attached hydrogens (primary N) is 1. The molecule has 0 bridgehead atoms. The second-order valence-electron chi connectivity index (χ2n) is 8.55. The molecule has 2 aromatic carbocycles. The van der Waals surface area contributed by atoms with Crippen molar-refractivity contribution in [3.05, 3.63) is 83.3 Å². The van der Waals surface area contributed by atoms with Crippen molar-refractivity contribution in [2.24, 2.45) is 0 Å². The lowest BCUT2D eigenvalue weighted by atomic mass is 10.0. The van der Waals surface area contributed by atoms with Crippen LogP contribution in [0, 0.1) is 0 Å². The van der Waals surface area contributed by atoms with E-state index in [2.05, 4.69) is 51.6 Å². The van der Waals surface area contributed by atoms with Gasteiger partial charge in [-0.05, 0) is 62.4 Å². The Kier molecular flexibility index (Phi) is 7.75. The second-order valence-corrected chi connectivity index (χ2v) is 8.55. The number of aryl methyl sites for hydroxylation is 2. The quantitative estimate of drug-likeness (QED) is 0.298. The van der Waals surface area contributed by atoms with E-state index in [4.69, 9.17) is 10.5 Å². The zero-order valence-corrected chi connectivity index (χ0v) is 19.9. The lowest BCUT2D eigenvalue weighted by Crippen LogP contribution is -1.99. The van der Waals surface area contributed by atoms with Crippen molar-refractivity contribution in [2.45, 2.75) is 45.6 Å². The van der Waals surface area contributed by atoms with Gasteiger partial charge in [0, 0.05) is 17.5 Å². The number of benzene rings is 2. The first-order valence-corrected chi connectivity index (χ1v) is 11.7. The minimum absolute atomic E-state index is 0.453. The van der Waals surface area contributed by atoms with Gasteiger partial charge >= 0.3 is 0 Å². The fourth-order valence-electron chi connectivity index (χ4n) is 4.05. The van der Waals surface area contributed by atoms with Crippen molar-refractivity contribution in [2.75, 3.05) is 12.8 Å². The van der Waals surface area contributed by atoms with Gasteiger partial charge in [0.2, 0.25) is 0 Å². The molecule has 0 radical (unpaired) electrons. The van der Waals surface area contributed by atoms with Gasteiger partial charge in [0.05, 0.1) is 25.0 Å². The van der Waals surface area contributed by atoms with Crippen molar-refractivity contribution in [1.82, 2.24) is 25.0 Å². The number of imidazole rings is 1. The predicted octanol–water partition coefficient (Wildman–Crippen LogP) is 5.32. The van der Waals surface area contributed by atoms with Crippen molar-refractivity contribution in [3.63, 3.8) is 0 Å². The normalized spacial score (nSPS) is 11.6. The molecule has 0 saturated heterocycles. The number of rotatable bonds is 11. The highest BCUT2D eigenvalue weighted by Crippen LogP contribution is 2.26. The molecule has 0 aliphatic rings. The summed E-state index contributed by atoms with van der Waals surface area (Å²) in [5.41, 5.74) is 12.5. The number of nitrogens with zero attached hydrogens (tertiary/aromatic N) is 4. The summed E-state index contributed by atoms with van der Waals surface area (Å²) < 4.78 is 7.16. The molecule has 0 amide bonds. The van der Waals surface area contributed by atoms with E-state index in [1.807, 2.05) is 47.1 Å². The van der Waals surface area contributed by atoms with Gasteiger partial charge in [0.25, 0.3) is 0 Å². The van der Waals surface area contributed by atoms with Crippen LogP contribution in [0.1, 0.15) is 43.1 Å². The molecule has 7 heteroatoms. The maximum absolute atomic E-state index is 5.95. The number of aromatic amines is 1. The molecule has 3 N–H and O–H groups in total. The molecule has 0 saturated carbocycles. The Balaban J connectivity index is 1.24. The Morgan fingerprint density at radius 1 is 1.03 bits per heavy atom. The molecule has 4 aromatic rings. The SMILES string of the molecule is COc1ccc(-c2nc(N)[nH]c2CCCCCc2cn(C/C(C)=C\c3ccccc3)nn2)cc1. The maximum Gasteiger partial charge on any atom is 0.198 e. The van der Waals surface area contributed by atoms with Gasteiger partial charge in [-0.2, -0.15) is 0 Å². The molecule has 0 spiro atoms. The summed E-state index contributed by atoms with van der Waals surface area (Å²) in [7, 11) is 1.66. The highest BCUT2D eigenvalue weighted by atomic mass is 16.5. The number of hydrogen-bond donors (Lipinski definition) is 2. The fraction of sp³-hybridized carbons (Fsp3) is 0.296. The molecule has 0 atom stereocenters. The lowest BCUT2D eigenvalue weighted by Gasteiger charge is -2.04. The summed E-state index contributed by atoms with van der Waals surface area (Å²) in [6.45, 7) is 2.87. The molecular weight excluding hydrogens is 424 g/mol. The maximum atomic E-state index is 5.95. The van der Waals surface area contributed by atoms with E-state index in [-0.39, 0.29) is 0 Å². The minimum atomic E-state index is 0.453. The first-order valence-electron chi connectivity index (χ1n) is 11.7. The molecule has 176 valence electrons. The van der Waals surface area contributed by atoms with Gasteiger partial charge in [0.1, 0.15) is 5.75 Å². The molecule has 0 fully saturated rings. The number of aromatic nitrogens is 5. The predicted molar refractivity (Wildman–Crippen MR) is 136 cm³/mol. The summed E-state index contributed by atoms with van der Waals surface area (Å²) in [5.74, 6) is 1.28. The number of ether oxygens (including phenoxy) is 1. The second kappa shape index (κ2) is 11.3. The minimum Gasteiger partial charge on any atom is -0.497 e. The van der Waals surface area contributed by atoms with Crippen LogP contribution >= 0.6 is 0 Å². The summed E-state index contributed by atoms with van der Waals surface area (Å²) in [4.78, 5) is 7.71. The molecule has 0 aliphatic carbocycles. The van der Waals surface area contributed by atoms with Crippen molar-refractivity contribution >= 4 is 12.0 Å². The standard InChI is InChI=1S/C27H32N6O/c1-20(17-21-9-5-3-6-10-21)18-33-19-23(31-32-33)11-7-4-8-12-25-26(30-27(28)29-25)22-13-15-24(34-2)16-14-22/h3,5-6,9-10,13-17,19H,4,7-8,11-12,18H2,1-2H3,(H3,28,29,30)/b20-17-. The zero-order chi connectivity index (χ0) is 23.8. The highest BCUT2D eigenvalue weighted by Gasteiger charge is 2.11. The number of allylic oxidation sites excluding steroid dienone is 1. The van der Waals surface area contributed by atoms with Crippen LogP contribution in [0.2, 0.25) is 0 Å². The number of nitrogen functional groups attached to an aromatic ring is 1. The Labute approximate surface area is 200 Å². The molecule has 2 aromatic heterocycles. The lowest BCUT2D eigenvalue weighted by molar-refractivity contribution is 0.415. The van der Waals surface area contributed by atoms with Crippen molar-refractivity contribution in [3.8, 4) is 17.0 Å². The molecule has 0 unspecified atom stereocenters. The molecule has 4 rings (SSSR count). The topological polar surface area (TPSA) is 94.6 Å². The van der Waals surface area contributed by atoms with Gasteiger partial charge in [0.15, 0.2) is 5.95 Å². The van der Waals surface area contributed by atoms with E-state index in [1.165, 1.54) is 11.1 Å². The van der Waals surface area contributed by atoms with Gasteiger partial charge in [-0.15, -0.1) is 5.10 Å². The first kappa shape index (κ1) is 23.3. The number of hydrogen-bond acceptors (Lipinski definition) is 5. The van der Waals surface area contributed by atoms with Crippen LogP contribution in [0.25, 0.3) is 17.3 Å². The van der Waals surface area contributed by atoms with Gasteiger partial charge < -0.3 is 15.5 Å². The highest BCUT2D eigenvalue weighted by molar-refractivity contribution is 5.64. The average Bonchev–Trinajstić information content (AvgIpc) is 3.45. The molecule has 34 heavy (non-hydrogen) atoms. The van der Waals surface area contributed by atoms with Gasteiger partial charge in [-0.25, -0.2) is 9.67 Å². The fourth-order valence-corrected chi connectivity index (χ4v) is 4.05. The largest absolute Gasteiger partial charge is 0.497 e. The summed E-state index contributed by atoms with van der Waals surface area (Å²) in [6.07, 6.45) is 9.29. The average molecular weight is 457 g/mol. The van der Waals surface area contributed by atoms with E-state index in [9.17, 15) is 0 Å². The number of methoxy groups -OCH3 is 1. The third-order valence-electron chi connectivity index (χ3n) is 5.73. The number of nitrogens with one attached hydrogen (secondary N) is 1. The first-order chi connectivity index (χ1) is 16.6. The van der Waals surface area contributed by atoms with Crippen LogP contribution in [-0.2, 0) is 19.4 Å². The Hall–Kier alpha value is -3.87. The van der Waals surface area contributed by atoms with E-state index >= 15 is 0 Å². The summed E-state index contributed by atoms with van der Waals surface area (Å²) >= 11 is 0. The number of anilines is 1. The van der Waals surface area contributed by atoms with E-state index in [1.54, 1.807) is 7.11 Å². The molecule has 0 aliphatic heterocycles. The third kappa shape index (κ3) is 6.34. The van der Waals surface area contributed by atoms with E-state index < -0.39 is 0 Å². The van der Waals surface area contributed by atoms with E-state index in [0.717, 1.165) is 67.0 Å².